The van der Waals surface area contributed by atoms with Crippen LogP contribution in [0.25, 0.3) is 0 Å². The van der Waals surface area contributed by atoms with Gasteiger partial charge in [-0.1, -0.05) is 24.3 Å². The highest BCUT2D eigenvalue weighted by Crippen LogP contribution is 2.37. The van der Waals surface area contributed by atoms with E-state index in [0.29, 0.717) is 19.4 Å². The molecule has 2 aromatic carbocycles. The van der Waals surface area contributed by atoms with Crippen molar-refractivity contribution >= 4 is 29.2 Å². The molecule has 0 radical (unpaired) electrons. The number of methoxy groups -OCH3 is 1. The highest BCUT2D eigenvalue weighted by molar-refractivity contribution is 6.31. The first-order valence-corrected chi connectivity index (χ1v) is 9.29. The van der Waals surface area contributed by atoms with Gasteiger partial charge in [0.1, 0.15) is 11.8 Å². The Morgan fingerprint density at radius 1 is 1.10 bits per heavy atom. The Morgan fingerprint density at radius 3 is 2.33 bits per heavy atom. The fourth-order valence-electron chi connectivity index (χ4n) is 3.41. The molecule has 6 N–H and O–H groups in total. The van der Waals surface area contributed by atoms with Gasteiger partial charge >= 0.3 is 5.97 Å². The maximum Gasteiger partial charge on any atom is 0.328 e. The number of hydrogen-bond acceptors (Lipinski definition) is 7. The summed E-state index contributed by atoms with van der Waals surface area (Å²) >= 11 is 0. The monoisotopic (exact) mass is 410 g/mol. The second-order valence-electron chi connectivity index (χ2n) is 6.75. The molecule has 9 heteroatoms. The number of phenolic OH excluding ortho intramolecular Hbond substituents is 1. The Bertz CT molecular complexity index is 1040. The number of ketones is 2. The average Bonchev–Trinajstić information content (AvgIpc) is 2.74. The van der Waals surface area contributed by atoms with Crippen LogP contribution in [0.5, 0.6) is 5.75 Å². The van der Waals surface area contributed by atoms with Gasteiger partial charge in [0.2, 0.25) is 0 Å². The second kappa shape index (κ2) is 8.64. The summed E-state index contributed by atoms with van der Waals surface area (Å²) in [4.78, 5) is 42.2. The number of rotatable bonds is 7. The lowest BCUT2D eigenvalue weighted by molar-refractivity contribution is -0.141. The zero-order valence-electron chi connectivity index (χ0n) is 16.3. The Kier molecular flexibility index (Phi) is 6.01. The van der Waals surface area contributed by atoms with Crippen molar-refractivity contribution in [1.82, 2.24) is 0 Å². The molecular weight excluding hydrogens is 388 g/mol. The van der Waals surface area contributed by atoms with E-state index in [4.69, 9.17) is 16.2 Å². The van der Waals surface area contributed by atoms with E-state index in [9.17, 15) is 19.5 Å². The summed E-state index contributed by atoms with van der Waals surface area (Å²) in [6, 6.07) is 8.37. The number of nitrogens with one attached hydrogen (secondary N) is 1. The lowest BCUT2D eigenvalue weighted by Crippen LogP contribution is -2.32. The minimum absolute atomic E-state index is 0.0248. The number of anilines is 1. The van der Waals surface area contributed by atoms with E-state index in [-0.39, 0.29) is 39.7 Å². The predicted octanol–water partition coefficient (Wildman–Crippen LogP) is 1.17. The van der Waals surface area contributed by atoms with Crippen LogP contribution in [0.2, 0.25) is 0 Å². The minimum Gasteiger partial charge on any atom is -0.507 e. The van der Waals surface area contributed by atoms with Gasteiger partial charge in [-0.25, -0.2) is 4.79 Å². The molecule has 0 heterocycles. The van der Waals surface area contributed by atoms with E-state index in [1.54, 1.807) is 24.3 Å². The van der Waals surface area contributed by atoms with Crippen molar-refractivity contribution in [3.63, 3.8) is 0 Å². The predicted molar refractivity (Wildman–Crippen MR) is 111 cm³/mol. The number of carbonyl (C=O) groups excluding carboxylic acids is 3. The van der Waals surface area contributed by atoms with Crippen LogP contribution in [0.1, 0.15) is 44.7 Å². The highest BCUT2D eigenvalue weighted by atomic mass is 16.5. The average molecular weight is 410 g/mol. The van der Waals surface area contributed by atoms with Crippen LogP contribution in [-0.4, -0.2) is 48.3 Å². The largest absolute Gasteiger partial charge is 0.507 e. The van der Waals surface area contributed by atoms with E-state index in [1.807, 2.05) is 0 Å². The molecule has 3 rings (SSSR count). The summed E-state index contributed by atoms with van der Waals surface area (Å²) in [5.74, 6) is -1.76. The summed E-state index contributed by atoms with van der Waals surface area (Å²) in [5.41, 5.74) is 11.3. The van der Waals surface area contributed by atoms with Crippen molar-refractivity contribution < 1.29 is 24.2 Å². The van der Waals surface area contributed by atoms with Crippen molar-refractivity contribution in [3.8, 4) is 5.75 Å². The summed E-state index contributed by atoms with van der Waals surface area (Å²) in [5, 5.41) is 13.3. The fraction of sp³-hybridized carbons (Fsp3) is 0.238. The molecule has 0 unspecified atom stereocenters. The molecule has 9 nitrogen and oxygen atoms in total. The topological polar surface area (TPSA) is 157 Å². The Labute approximate surface area is 172 Å². The number of phenols is 1. The quantitative estimate of drug-likeness (QED) is 0.149. The fourth-order valence-corrected chi connectivity index (χ4v) is 3.41. The third-order valence-corrected chi connectivity index (χ3v) is 4.81. The number of ether oxygens (including phenoxy) is 1. The van der Waals surface area contributed by atoms with Gasteiger partial charge in [-0.15, -0.1) is 0 Å². The molecule has 0 saturated carbocycles. The van der Waals surface area contributed by atoms with Crippen molar-refractivity contribution in [2.75, 3.05) is 19.0 Å². The zero-order valence-corrected chi connectivity index (χ0v) is 16.3. The molecule has 0 bridgehead atoms. The maximum atomic E-state index is 13.1. The number of aromatic hydroxyl groups is 1. The molecule has 0 saturated heterocycles. The molecule has 156 valence electrons. The lowest BCUT2D eigenvalue weighted by Gasteiger charge is -2.24. The second-order valence-corrected chi connectivity index (χ2v) is 6.75. The number of aliphatic imine (C=N–C) groups is 1. The lowest BCUT2D eigenvalue weighted by atomic mass is 9.82. The van der Waals surface area contributed by atoms with Gasteiger partial charge in [0.05, 0.1) is 18.2 Å². The number of nitrogens with two attached hydrogens (primary N) is 2. The summed E-state index contributed by atoms with van der Waals surface area (Å²) in [7, 11) is 1.25. The maximum absolute atomic E-state index is 13.1. The SMILES string of the molecule is COC(=O)[C@H](CCCN=C(N)N)Nc1ccc(O)c2c1C(=O)c1ccccc1C2=O. The number of nitrogens with zero attached hydrogens (tertiary/aromatic N) is 1. The van der Waals surface area contributed by atoms with Crippen LogP contribution in [-0.2, 0) is 9.53 Å². The molecule has 0 amide bonds. The molecule has 1 aliphatic carbocycles. The van der Waals surface area contributed by atoms with Crippen molar-refractivity contribution in [2.45, 2.75) is 18.9 Å². The number of hydrogen-bond donors (Lipinski definition) is 4. The van der Waals surface area contributed by atoms with E-state index in [0.717, 1.165) is 0 Å². The molecule has 30 heavy (non-hydrogen) atoms. The van der Waals surface area contributed by atoms with Gasteiger partial charge in [-0.3, -0.25) is 14.6 Å². The molecule has 0 fully saturated rings. The third kappa shape index (κ3) is 3.95. The van der Waals surface area contributed by atoms with E-state index >= 15 is 0 Å². The van der Waals surface area contributed by atoms with Crippen molar-refractivity contribution in [3.05, 3.63) is 58.7 Å². The van der Waals surface area contributed by atoms with E-state index in [1.165, 1.54) is 19.2 Å². The van der Waals surface area contributed by atoms with Gasteiger partial charge in [0.15, 0.2) is 17.5 Å². The normalized spacial score (nSPS) is 13.1. The van der Waals surface area contributed by atoms with Gasteiger partial charge in [0, 0.05) is 23.4 Å². The van der Waals surface area contributed by atoms with Crippen LogP contribution >= 0.6 is 0 Å². The number of esters is 1. The Morgan fingerprint density at radius 2 is 1.73 bits per heavy atom. The van der Waals surface area contributed by atoms with Crippen LogP contribution < -0.4 is 16.8 Å². The summed E-state index contributed by atoms with van der Waals surface area (Å²) < 4.78 is 4.85. The zero-order chi connectivity index (χ0) is 21.8. The van der Waals surface area contributed by atoms with Gasteiger partial charge in [-0.2, -0.15) is 0 Å². The molecule has 0 spiro atoms. The van der Waals surface area contributed by atoms with Crippen LogP contribution in [0, 0.1) is 0 Å². The van der Waals surface area contributed by atoms with Crippen molar-refractivity contribution in [1.29, 1.82) is 0 Å². The van der Waals surface area contributed by atoms with Crippen molar-refractivity contribution in [2.24, 2.45) is 16.5 Å². The van der Waals surface area contributed by atoms with Crippen LogP contribution in [0.15, 0.2) is 41.4 Å². The molecular formula is C21H22N4O5. The van der Waals surface area contributed by atoms with Crippen LogP contribution in [0.3, 0.4) is 0 Å². The smallest absolute Gasteiger partial charge is 0.328 e. The van der Waals surface area contributed by atoms with Gasteiger partial charge < -0.3 is 26.6 Å². The van der Waals surface area contributed by atoms with E-state index in [2.05, 4.69) is 10.3 Å². The standard InChI is InChI=1S/C21H22N4O5/c1-30-20(29)14(7-4-10-24-21(22)23)25-13-8-9-15(26)17-16(13)18(27)11-5-2-3-6-12(11)19(17)28/h2-3,5-6,8-9,14,25-26H,4,7,10H2,1H3,(H4,22,23,24)/t14-/m0/s1. The Balaban J connectivity index is 1.96. The third-order valence-electron chi connectivity index (χ3n) is 4.81. The number of carbonyl (C=O) groups is 3. The first kappa shape index (κ1) is 20.8. The first-order chi connectivity index (χ1) is 14.3. The Hall–Kier alpha value is -3.88. The van der Waals surface area contributed by atoms with Gasteiger partial charge in [-0.05, 0) is 25.0 Å². The summed E-state index contributed by atoms with van der Waals surface area (Å²) in [6.45, 7) is 0.315. The number of benzene rings is 2. The number of fused-ring (bicyclic) bond motifs is 2. The first-order valence-electron chi connectivity index (χ1n) is 9.29. The van der Waals surface area contributed by atoms with Crippen LogP contribution in [0.4, 0.5) is 5.69 Å². The molecule has 0 aliphatic heterocycles. The minimum atomic E-state index is -0.807. The molecule has 1 aliphatic rings. The summed E-state index contributed by atoms with van der Waals surface area (Å²) in [6.07, 6.45) is 0.790. The van der Waals surface area contributed by atoms with E-state index < -0.39 is 23.6 Å². The molecule has 0 aromatic heterocycles. The molecule has 2 aromatic rings. The highest BCUT2D eigenvalue weighted by Gasteiger charge is 2.34. The molecule has 1 atom stereocenters. The number of guanidine groups is 1. The van der Waals surface area contributed by atoms with Gasteiger partial charge in [0.25, 0.3) is 0 Å².